The average molecular weight is 355 g/mol. The molecule has 4 aliphatic carbocycles. The van der Waals surface area contributed by atoms with Gasteiger partial charge in [-0.05, 0) is 75.2 Å². The molecular weight excluding hydrogens is 326 g/mol. The molecular formula is C22H29NO3. The average Bonchev–Trinajstić information content (AvgIpc) is 2.60. The van der Waals surface area contributed by atoms with E-state index < -0.39 is 6.04 Å². The number of hydrogen-bond donors (Lipinski definition) is 1. The number of methoxy groups -OCH3 is 1. The lowest BCUT2D eigenvalue weighted by molar-refractivity contribution is -0.154. The van der Waals surface area contributed by atoms with Crippen molar-refractivity contribution < 1.29 is 14.3 Å². The fourth-order valence-corrected chi connectivity index (χ4v) is 6.36. The van der Waals surface area contributed by atoms with Crippen LogP contribution in [0.3, 0.4) is 0 Å². The van der Waals surface area contributed by atoms with Crippen molar-refractivity contribution in [2.75, 3.05) is 7.11 Å². The van der Waals surface area contributed by atoms with Gasteiger partial charge in [0.15, 0.2) is 0 Å². The van der Waals surface area contributed by atoms with Crippen molar-refractivity contribution in [2.24, 2.45) is 17.3 Å². The Morgan fingerprint density at radius 2 is 1.73 bits per heavy atom. The minimum absolute atomic E-state index is 0.0565. The maximum Gasteiger partial charge on any atom is 0.328 e. The minimum atomic E-state index is -0.587. The third-order valence-electron chi connectivity index (χ3n) is 7.11. The van der Waals surface area contributed by atoms with E-state index in [1.54, 1.807) is 6.92 Å². The van der Waals surface area contributed by atoms with Crippen LogP contribution < -0.4 is 5.32 Å². The highest BCUT2D eigenvalue weighted by Gasteiger charge is 2.61. The lowest BCUT2D eigenvalue weighted by atomic mass is 9.42. The highest BCUT2D eigenvalue weighted by Crippen LogP contribution is 2.65. The van der Waals surface area contributed by atoms with Crippen LogP contribution in [0.25, 0.3) is 0 Å². The first-order valence-electron chi connectivity index (χ1n) is 9.82. The Morgan fingerprint density at radius 3 is 2.31 bits per heavy atom. The summed E-state index contributed by atoms with van der Waals surface area (Å²) in [6.45, 7) is 3.83. The molecule has 0 radical (unpaired) electrons. The number of benzene rings is 1. The zero-order valence-electron chi connectivity index (χ0n) is 16.0. The molecule has 1 N–H and O–H groups in total. The Hall–Kier alpha value is -1.84. The summed E-state index contributed by atoms with van der Waals surface area (Å²) in [6.07, 6.45) is 6.51. The van der Waals surface area contributed by atoms with Gasteiger partial charge in [-0.15, -0.1) is 0 Å². The molecule has 5 rings (SSSR count). The lowest BCUT2D eigenvalue weighted by Crippen LogP contribution is -2.60. The summed E-state index contributed by atoms with van der Waals surface area (Å²) in [6, 6.07) is 8.34. The molecule has 4 saturated carbocycles. The number of hydrogen-bond acceptors (Lipinski definition) is 3. The number of amides is 1. The Labute approximate surface area is 155 Å². The number of carbonyl (C=O) groups excluding carboxylic acids is 2. The summed E-state index contributed by atoms with van der Waals surface area (Å²) in [4.78, 5) is 25.0. The first-order chi connectivity index (χ1) is 12.4. The van der Waals surface area contributed by atoms with Gasteiger partial charge in [0.2, 0.25) is 5.91 Å². The van der Waals surface area contributed by atoms with Gasteiger partial charge < -0.3 is 10.1 Å². The van der Waals surface area contributed by atoms with Crippen LogP contribution in [0.5, 0.6) is 0 Å². The van der Waals surface area contributed by atoms with Crippen molar-refractivity contribution in [1.82, 2.24) is 5.32 Å². The fraction of sp³-hybridized carbons (Fsp3) is 0.636. The van der Waals surface area contributed by atoms with Crippen molar-refractivity contribution in [3.8, 4) is 0 Å². The number of carbonyl (C=O) groups is 2. The van der Waals surface area contributed by atoms with Crippen molar-refractivity contribution in [2.45, 2.75) is 63.8 Å². The third kappa shape index (κ3) is 2.74. The van der Waals surface area contributed by atoms with Crippen LogP contribution in [0.1, 0.15) is 56.6 Å². The smallest absolute Gasteiger partial charge is 0.328 e. The van der Waals surface area contributed by atoms with Gasteiger partial charge in [0.25, 0.3) is 0 Å². The molecule has 1 aromatic carbocycles. The first kappa shape index (κ1) is 17.6. The Balaban J connectivity index is 1.63. The Bertz CT molecular complexity index is 709. The van der Waals surface area contributed by atoms with Gasteiger partial charge in [0, 0.05) is 0 Å². The summed E-state index contributed by atoms with van der Waals surface area (Å²) in [5.74, 6) is 0.922. The van der Waals surface area contributed by atoms with Crippen molar-refractivity contribution in [3.63, 3.8) is 0 Å². The number of aryl methyl sites for hydroxylation is 1. The van der Waals surface area contributed by atoms with E-state index in [4.69, 9.17) is 4.74 Å². The number of nitrogens with one attached hydrogen (secondary N) is 1. The monoisotopic (exact) mass is 355 g/mol. The molecule has 4 bridgehead atoms. The predicted molar refractivity (Wildman–Crippen MR) is 99.6 cm³/mol. The van der Waals surface area contributed by atoms with E-state index >= 15 is 0 Å². The van der Waals surface area contributed by atoms with Gasteiger partial charge in [-0.25, -0.2) is 4.79 Å². The Morgan fingerprint density at radius 1 is 1.12 bits per heavy atom. The van der Waals surface area contributed by atoms with E-state index in [-0.39, 0.29) is 22.7 Å². The van der Waals surface area contributed by atoms with Crippen molar-refractivity contribution in [3.05, 3.63) is 35.4 Å². The third-order valence-corrected chi connectivity index (χ3v) is 7.11. The fourth-order valence-electron chi connectivity index (χ4n) is 6.36. The molecule has 0 saturated heterocycles. The van der Waals surface area contributed by atoms with Gasteiger partial charge in [0.05, 0.1) is 12.5 Å². The molecule has 26 heavy (non-hydrogen) atoms. The SMILES string of the molecule is COC(=O)[C@H](C)NC(=O)C12C[C@H]3C[C@H](C1)CC(c1ccc(C)cc1)(C3)C2. The first-order valence-corrected chi connectivity index (χ1v) is 9.82. The van der Waals surface area contributed by atoms with Crippen LogP contribution in [0.2, 0.25) is 0 Å². The molecule has 4 fully saturated rings. The zero-order valence-corrected chi connectivity index (χ0v) is 16.0. The van der Waals surface area contributed by atoms with Gasteiger partial charge in [-0.2, -0.15) is 0 Å². The van der Waals surface area contributed by atoms with E-state index in [1.807, 2.05) is 0 Å². The summed E-state index contributed by atoms with van der Waals surface area (Å²) in [7, 11) is 1.36. The van der Waals surface area contributed by atoms with Crippen LogP contribution in [-0.2, 0) is 19.7 Å². The van der Waals surface area contributed by atoms with Crippen LogP contribution >= 0.6 is 0 Å². The quantitative estimate of drug-likeness (QED) is 0.841. The molecule has 4 heteroatoms. The summed E-state index contributed by atoms with van der Waals surface area (Å²) in [5.41, 5.74) is 2.48. The van der Waals surface area contributed by atoms with E-state index in [2.05, 4.69) is 36.5 Å². The standard InChI is InChI=1S/C22H29NO3/c1-14-4-6-18(7-5-14)21-9-16-8-17(10-21)12-22(11-16,13-21)20(25)23-15(2)19(24)26-3/h4-7,15-17H,8-13H2,1-3H3,(H,23,25)/t15-,16-,17-,21?,22?/m0/s1. The van der Waals surface area contributed by atoms with Crippen LogP contribution in [0, 0.1) is 24.2 Å². The van der Waals surface area contributed by atoms with Crippen LogP contribution in [-0.4, -0.2) is 25.0 Å². The normalized spacial score (nSPS) is 35.8. The summed E-state index contributed by atoms with van der Waals surface area (Å²) >= 11 is 0. The molecule has 0 aromatic heterocycles. The predicted octanol–water partition coefficient (Wildman–Crippen LogP) is 3.51. The van der Waals surface area contributed by atoms with Gasteiger partial charge in [-0.1, -0.05) is 29.8 Å². The molecule has 4 aliphatic rings. The van der Waals surface area contributed by atoms with Crippen LogP contribution in [0.15, 0.2) is 24.3 Å². The number of ether oxygens (including phenoxy) is 1. The number of esters is 1. The maximum absolute atomic E-state index is 13.2. The molecule has 0 unspecified atom stereocenters. The van der Waals surface area contributed by atoms with Crippen molar-refractivity contribution >= 4 is 11.9 Å². The van der Waals surface area contributed by atoms with E-state index in [0.29, 0.717) is 11.8 Å². The second kappa shape index (κ2) is 6.11. The van der Waals surface area contributed by atoms with E-state index in [1.165, 1.54) is 37.5 Å². The Kier molecular flexibility index (Phi) is 4.13. The van der Waals surface area contributed by atoms with Crippen LogP contribution in [0.4, 0.5) is 0 Å². The highest BCUT2D eigenvalue weighted by molar-refractivity contribution is 5.88. The second-order valence-electron chi connectivity index (χ2n) is 9.11. The van der Waals surface area contributed by atoms with E-state index in [9.17, 15) is 9.59 Å². The molecule has 1 amide bonds. The van der Waals surface area contributed by atoms with Gasteiger partial charge in [-0.3, -0.25) is 4.79 Å². The second-order valence-corrected chi connectivity index (χ2v) is 9.11. The zero-order chi connectivity index (χ0) is 18.5. The van der Waals surface area contributed by atoms with Crippen molar-refractivity contribution in [1.29, 1.82) is 0 Å². The molecule has 3 atom stereocenters. The maximum atomic E-state index is 13.2. The van der Waals surface area contributed by atoms with E-state index in [0.717, 1.165) is 19.3 Å². The number of rotatable bonds is 4. The van der Waals surface area contributed by atoms with Gasteiger partial charge >= 0.3 is 5.97 Å². The van der Waals surface area contributed by atoms with Gasteiger partial charge in [0.1, 0.15) is 6.04 Å². The molecule has 0 spiro atoms. The topological polar surface area (TPSA) is 55.4 Å². The summed E-state index contributed by atoms with van der Waals surface area (Å²) < 4.78 is 4.78. The summed E-state index contributed by atoms with van der Waals surface area (Å²) in [5, 5.41) is 2.95. The molecule has 0 aliphatic heterocycles. The molecule has 140 valence electrons. The lowest BCUT2D eigenvalue weighted by Gasteiger charge is -2.61. The molecule has 4 nitrogen and oxygen atoms in total. The highest BCUT2D eigenvalue weighted by atomic mass is 16.5. The largest absolute Gasteiger partial charge is 0.467 e. The molecule has 1 aromatic rings. The minimum Gasteiger partial charge on any atom is -0.467 e. The molecule has 0 heterocycles.